The van der Waals surface area contributed by atoms with Crippen LogP contribution in [-0.4, -0.2) is 10.1 Å². The molecule has 2 aromatic carbocycles. The Bertz CT molecular complexity index is 695. The average molecular weight is 250 g/mol. The van der Waals surface area contributed by atoms with Gasteiger partial charge >= 0.3 is 0 Å². The van der Waals surface area contributed by atoms with E-state index in [1.807, 2.05) is 42.5 Å². The van der Waals surface area contributed by atoms with Crippen molar-refractivity contribution < 1.29 is 5.11 Å². The Balaban J connectivity index is 1.94. The van der Waals surface area contributed by atoms with Crippen molar-refractivity contribution in [3.63, 3.8) is 0 Å². The van der Waals surface area contributed by atoms with E-state index in [9.17, 15) is 5.11 Å². The van der Waals surface area contributed by atoms with Crippen molar-refractivity contribution in [2.45, 2.75) is 6.54 Å². The van der Waals surface area contributed by atoms with E-state index in [0.29, 0.717) is 12.3 Å². The third kappa shape index (κ3) is 2.36. The standard InChI is InChI=1S/C16H14N2O/c19-16-8-7-12-4-1-2-6-14(12)15(16)11-18-13-5-3-9-17-10-13/h1-10,18-19H,11H2. The zero-order valence-electron chi connectivity index (χ0n) is 10.4. The molecule has 3 aromatic rings. The summed E-state index contributed by atoms with van der Waals surface area (Å²) in [5.74, 6) is 0.315. The van der Waals surface area contributed by atoms with Crippen molar-refractivity contribution in [1.29, 1.82) is 0 Å². The summed E-state index contributed by atoms with van der Waals surface area (Å²) in [5.41, 5.74) is 1.84. The molecule has 0 unspecified atom stereocenters. The normalized spacial score (nSPS) is 10.5. The third-order valence-electron chi connectivity index (χ3n) is 3.15. The van der Waals surface area contributed by atoms with Crippen LogP contribution in [0.3, 0.4) is 0 Å². The topological polar surface area (TPSA) is 45.1 Å². The van der Waals surface area contributed by atoms with Gasteiger partial charge in [-0.2, -0.15) is 0 Å². The smallest absolute Gasteiger partial charge is 0.121 e. The SMILES string of the molecule is Oc1ccc2ccccc2c1CNc1cccnc1. The molecule has 1 aromatic heterocycles. The summed E-state index contributed by atoms with van der Waals surface area (Å²) in [6.07, 6.45) is 3.50. The van der Waals surface area contributed by atoms with Crippen LogP contribution in [0.4, 0.5) is 5.69 Å². The molecule has 0 bridgehead atoms. The summed E-state index contributed by atoms with van der Waals surface area (Å²) >= 11 is 0. The number of anilines is 1. The van der Waals surface area contributed by atoms with Gasteiger partial charge in [-0.1, -0.05) is 30.3 Å². The van der Waals surface area contributed by atoms with Crippen LogP contribution in [0.1, 0.15) is 5.56 Å². The van der Waals surface area contributed by atoms with Crippen molar-refractivity contribution in [2.24, 2.45) is 0 Å². The largest absolute Gasteiger partial charge is 0.508 e. The predicted octanol–water partition coefficient (Wildman–Crippen LogP) is 3.55. The minimum atomic E-state index is 0.315. The zero-order valence-corrected chi connectivity index (χ0v) is 10.4. The molecule has 0 atom stereocenters. The lowest BCUT2D eigenvalue weighted by Gasteiger charge is -2.11. The highest BCUT2D eigenvalue weighted by molar-refractivity contribution is 5.87. The molecule has 19 heavy (non-hydrogen) atoms. The van der Waals surface area contributed by atoms with Crippen LogP contribution in [0, 0.1) is 0 Å². The number of phenolic OH excluding ortho intramolecular Hbond substituents is 1. The second-order valence-corrected chi connectivity index (χ2v) is 4.38. The van der Waals surface area contributed by atoms with E-state index in [1.165, 1.54) is 0 Å². The number of nitrogens with zero attached hydrogens (tertiary/aromatic N) is 1. The second kappa shape index (κ2) is 4.98. The van der Waals surface area contributed by atoms with E-state index in [4.69, 9.17) is 0 Å². The molecule has 0 saturated heterocycles. The van der Waals surface area contributed by atoms with Gasteiger partial charge in [-0.3, -0.25) is 4.98 Å². The highest BCUT2D eigenvalue weighted by Crippen LogP contribution is 2.27. The monoisotopic (exact) mass is 250 g/mol. The minimum absolute atomic E-state index is 0.315. The number of phenols is 1. The first-order valence-corrected chi connectivity index (χ1v) is 6.18. The molecular weight excluding hydrogens is 236 g/mol. The Morgan fingerprint density at radius 2 is 1.89 bits per heavy atom. The van der Waals surface area contributed by atoms with Crippen LogP contribution in [0.15, 0.2) is 60.9 Å². The molecule has 0 aliphatic carbocycles. The number of hydrogen-bond acceptors (Lipinski definition) is 3. The fourth-order valence-corrected chi connectivity index (χ4v) is 2.17. The Morgan fingerprint density at radius 1 is 1.00 bits per heavy atom. The Morgan fingerprint density at radius 3 is 2.74 bits per heavy atom. The van der Waals surface area contributed by atoms with Gasteiger partial charge in [0.05, 0.1) is 5.69 Å². The Labute approximate surface area is 111 Å². The summed E-state index contributed by atoms with van der Waals surface area (Å²) in [4.78, 5) is 4.06. The molecule has 0 spiro atoms. The number of aromatic nitrogens is 1. The van der Waals surface area contributed by atoms with Crippen LogP contribution in [0.2, 0.25) is 0 Å². The van der Waals surface area contributed by atoms with E-state index in [2.05, 4.69) is 10.3 Å². The van der Waals surface area contributed by atoms with Crippen molar-refractivity contribution >= 4 is 16.5 Å². The Kier molecular flexibility index (Phi) is 3.02. The van der Waals surface area contributed by atoms with Gasteiger partial charge in [-0.15, -0.1) is 0 Å². The summed E-state index contributed by atoms with van der Waals surface area (Å²) in [6, 6.07) is 15.5. The first-order valence-electron chi connectivity index (χ1n) is 6.18. The first kappa shape index (κ1) is 11.5. The van der Waals surface area contributed by atoms with Gasteiger partial charge < -0.3 is 10.4 Å². The summed E-state index contributed by atoms with van der Waals surface area (Å²) in [7, 11) is 0. The molecule has 3 nitrogen and oxygen atoms in total. The number of nitrogens with one attached hydrogen (secondary N) is 1. The fraction of sp³-hybridized carbons (Fsp3) is 0.0625. The van der Waals surface area contributed by atoms with Crippen molar-refractivity contribution in [1.82, 2.24) is 4.98 Å². The molecule has 0 fully saturated rings. The number of benzene rings is 2. The molecule has 0 amide bonds. The summed E-state index contributed by atoms with van der Waals surface area (Å²) in [6.45, 7) is 0.568. The van der Waals surface area contributed by atoms with Gasteiger partial charge in [-0.05, 0) is 29.0 Å². The van der Waals surface area contributed by atoms with Crippen LogP contribution in [-0.2, 0) is 6.54 Å². The molecule has 0 radical (unpaired) electrons. The van der Waals surface area contributed by atoms with Gasteiger partial charge in [0, 0.05) is 24.5 Å². The van der Waals surface area contributed by atoms with Gasteiger partial charge in [0.1, 0.15) is 5.75 Å². The quantitative estimate of drug-likeness (QED) is 0.747. The minimum Gasteiger partial charge on any atom is -0.508 e. The molecular formula is C16H14N2O. The van der Waals surface area contributed by atoms with Crippen LogP contribution in [0.25, 0.3) is 10.8 Å². The zero-order chi connectivity index (χ0) is 13.1. The first-order chi connectivity index (χ1) is 9.34. The van der Waals surface area contributed by atoms with Crippen molar-refractivity contribution in [2.75, 3.05) is 5.32 Å². The Hall–Kier alpha value is -2.55. The summed E-state index contributed by atoms with van der Waals surface area (Å²) < 4.78 is 0. The number of pyridine rings is 1. The maximum Gasteiger partial charge on any atom is 0.121 e. The molecule has 94 valence electrons. The van der Waals surface area contributed by atoms with E-state index in [1.54, 1.807) is 18.5 Å². The number of rotatable bonds is 3. The van der Waals surface area contributed by atoms with E-state index in [0.717, 1.165) is 22.0 Å². The molecule has 0 aliphatic heterocycles. The second-order valence-electron chi connectivity index (χ2n) is 4.38. The van der Waals surface area contributed by atoms with Crippen LogP contribution >= 0.6 is 0 Å². The van der Waals surface area contributed by atoms with Crippen molar-refractivity contribution in [3.05, 3.63) is 66.5 Å². The number of aromatic hydroxyl groups is 1. The highest BCUT2D eigenvalue weighted by atomic mass is 16.3. The van der Waals surface area contributed by atoms with E-state index < -0.39 is 0 Å². The maximum atomic E-state index is 10.0. The van der Waals surface area contributed by atoms with Gasteiger partial charge in [0.15, 0.2) is 0 Å². The van der Waals surface area contributed by atoms with Crippen LogP contribution < -0.4 is 5.32 Å². The lowest BCUT2D eigenvalue weighted by molar-refractivity contribution is 0.470. The molecule has 0 aliphatic rings. The van der Waals surface area contributed by atoms with Gasteiger partial charge in [0.2, 0.25) is 0 Å². The molecule has 3 heteroatoms. The predicted molar refractivity (Wildman–Crippen MR) is 77.2 cm³/mol. The van der Waals surface area contributed by atoms with Gasteiger partial charge in [0.25, 0.3) is 0 Å². The number of fused-ring (bicyclic) bond motifs is 1. The lowest BCUT2D eigenvalue weighted by atomic mass is 10.0. The van der Waals surface area contributed by atoms with E-state index in [-0.39, 0.29) is 0 Å². The number of hydrogen-bond donors (Lipinski definition) is 2. The maximum absolute atomic E-state index is 10.0. The lowest BCUT2D eigenvalue weighted by Crippen LogP contribution is -2.00. The fourth-order valence-electron chi connectivity index (χ4n) is 2.17. The average Bonchev–Trinajstić information content (AvgIpc) is 2.47. The van der Waals surface area contributed by atoms with Gasteiger partial charge in [-0.25, -0.2) is 0 Å². The molecule has 3 rings (SSSR count). The van der Waals surface area contributed by atoms with Crippen molar-refractivity contribution in [3.8, 4) is 5.75 Å². The van der Waals surface area contributed by atoms with E-state index >= 15 is 0 Å². The molecule has 2 N–H and O–H groups in total. The molecule has 1 heterocycles. The molecule has 0 saturated carbocycles. The third-order valence-corrected chi connectivity index (χ3v) is 3.15. The summed E-state index contributed by atoms with van der Waals surface area (Å²) in [5, 5.41) is 15.5. The highest BCUT2D eigenvalue weighted by Gasteiger charge is 2.06. The van der Waals surface area contributed by atoms with Crippen LogP contribution in [0.5, 0.6) is 5.75 Å².